The Bertz CT molecular complexity index is 458. The second-order valence-electron chi connectivity index (χ2n) is 5.33. The maximum absolute atomic E-state index is 12.3. The predicted octanol–water partition coefficient (Wildman–Crippen LogP) is 1.66. The van der Waals surface area contributed by atoms with E-state index in [0.717, 1.165) is 19.5 Å². The lowest BCUT2D eigenvalue weighted by Gasteiger charge is -2.17. The number of nitrogens with two attached hydrogens (primary N) is 1. The summed E-state index contributed by atoms with van der Waals surface area (Å²) in [5, 5.41) is 0. The van der Waals surface area contributed by atoms with Gasteiger partial charge in [-0.3, -0.25) is 4.79 Å². The number of carbonyl (C=O) groups excluding carboxylic acids is 1. The molecule has 0 aliphatic carbocycles. The SMILES string of the molecule is CC1CCN(C(=O)c2nc(C(C)C)ncc2N)C1. The van der Waals surface area contributed by atoms with Crippen LogP contribution >= 0.6 is 0 Å². The van der Waals surface area contributed by atoms with E-state index >= 15 is 0 Å². The van der Waals surface area contributed by atoms with E-state index in [9.17, 15) is 4.79 Å². The Morgan fingerprint density at radius 1 is 1.56 bits per heavy atom. The molecular formula is C13H20N4O. The van der Waals surface area contributed by atoms with Crippen molar-refractivity contribution >= 4 is 11.6 Å². The van der Waals surface area contributed by atoms with Crippen LogP contribution in [0.3, 0.4) is 0 Å². The van der Waals surface area contributed by atoms with Crippen molar-refractivity contribution in [3.8, 4) is 0 Å². The van der Waals surface area contributed by atoms with Crippen molar-refractivity contribution in [1.82, 2.24) is 14.9 Å². The van der Waals surface area contributed by atoms with Gasteiger partial charge in [-0.1, -0.05) is 20.8 Å². The summed E-state index contributed by atoms with van der Waals surface area (Å²) in [6.45, 7) is 7.73. The maximum atomic E-state index is 12.3. The first-order valence-corrected chi connectivity index (χ1v) is 6.40. The molecule has 0 spiro atoms. The number of likely N-dealkylation sites (tertiary alicyclic amines) is 1. The van der Waals surface area contributed by atoms with E-state index in [1.165, 1.54) is 6.20 Å². The van der Waals surface area contributed by atoms with Crippen LogP contribution in [0.5, 0.6) is 0 Å². The van der Waals surface area contributed by atoms with Crippen LogP contribution in [-0.4, -0.2) is 33.9 Å². The number of rotatable bonds is 2. The molecule has 1 atom stereocenters. The number of hydrogen-bond acceptors (Lipinski definition) is 4. The number of nitrogen functional groups attached to an aromatic ring is 1. The molecule has 1 aromatic heterocycles. The highest BCUT2D eigenvalue weighted by Crippen LogP contribution is 2.20. The molecular weight excluding hydrogens is 228 g/mol. The molecule has 1 amide bonds. The summed E-state index contributed by atoms with van der Waals surface area (Å²) in [6.07, 6.45) is 2.59. The zero-order valence-corrected chi connectivity index (χ0v) is 11.2. The highest BCUT2D eigenvalue weighted by Gasteiger charge is 2.26. The highest BCUT2D eigenvalue weighted by atomic mass is 16.2. The number of carbonyl (C=O) groups is 1. The molecule has 0 bridgehead atoms. The Labute approximate surface area is 107 Å². The number of nitrogens with zero attached hydrogens (tertiary/aromatic N) is 3. The van der Waals surface area contributed by atoms with Gasteiger partial charge in [-0.2, -0.15) is 0 Å². The first kappa shape index (κ1) is 12.8. The van der Waals surface area contributed by atoms with Gasteiger partial charge in [-0.15, -0.1) is 0 Å². The lowest BCUT2D eigenvalue weighted by molar-refractivity contribution is 0.0783. The van der Waals surface area contributed by atoms with Gasteiger partial charge in [0.05, 0.1) is 11.9 Å². The second kappa shape index (κ2) is 4.92. The van der Waals surface area contributed by atoms with E-state index in [4.69, 9.17) is 5.73 Å². The van der Waals surface area contributed by atoms with Gasteiger partial charge < -0.3 is 10.6 Å². The molecule has 0 aromatic carbocycles. The Balaban J connectivity index is 2.26. The zero-order valence-electron chi connectivity index (χ0n) is 11.2. The van der Waals surface area contributed by atoms with E-state index in [-0.39, 0.29) is 11.8 Å². The second-order valence-corrected chi connectivity index (χ2v) is 5.33. The van der Waals surface area contributed by atoms with E-state index in [2.05, 4.69) is 16.9 Å². The smallest absolute Gasteiger partial charge is 0.274 e. The molecule has 5 heteroatoms. The molecule has 1 saturated heterocycles. The summed E-state index contributed by atoms with van der Waals surface area (Å²) in [5.74, 6) is 1.34. The normalized spacial score (nSPS) is 19.6. The average Bonchev–Trinajstić information content (AvgIpc) is 2.75. The van der Waals surface area contributed by atoms with Gasteiger partial charge in [0.25, 0.3) is 5.91 Å². The van der Waals surface area contributed by atoms with E-state index in [0.29, 0.717) is 23.1 Å². The van der Waals surface area contributed by atoms with Crippen molar-refractivity contribution in [2.45, 2.75) is 33.1 Å². The van der Waals surface area contributed by atoms with Gasteiger partial charge in [0.15, 0.2) is 5.69 Å². The van der Waals surface area contributed by atoms with E-state index < -0.39 is 0 Å². The minimum Gasteiger partial charge on any atom is -0.396 e. The minimum absolute atomic E-state index is 0.0684. The van der Waals surface area contributed by atoms with Crippen molar-refractivity contribution in [2.75, 3.05) is 18.8 Å². The van der Waals surface area contributed by atoms with Crippen LogP contribution in [0.1, 0.15) is 49.4 Å². The van der Waals surface area contributed by atoms with Crippen LogP contribution in [0.4, 0.5) is 5.69 Å². The molecule has 0 radical (unpaired) electrons. The Hall–Kier alpha value is -1.65. The van der Waals surface area contributed by atoms with Crippen molar-refractivity contribution in [2.24, 2.45) is 5.92 Å². The lowest BCUT2D eigenvalue weighted by Crippen LogP contribution is -2.30. The third-order valence-electron chi connectivity index (χ3n) is 3.27. The first-order chi connectivity index (χ1) is 8.49. The predicted molar refractivity (Wildman–Crippen MR) is 70.2 cm³/mol. The fourth-order valence-corrected chi connectivity index (χ4v) is 2.12. The van der Waals surface area contributed by atoms with Gasteiger partial charge in [-0.05, 0) is 12.3 Å². The topological polar surface area (TPSA) is 72.1 Å². The summed E-state index contributed by atoms with van der Waals surface area (Å²) in [5.41, 5.74) is 6.53. The molecule has 2 heterocycles. The molecule has 5 nitrogen and oxygen atoms in total. The fraction of sp³-hybridized carbons (Fsp3) is 0.615. The van der Waals surface area contributed by atoms with Gasteiger partial charge in [0, 0.05) is 19.0 Å². The van der Waals surface area contributed by atoms with Crippen molar-refractivity contribution < 1.29 is 4.79 Å². The molecule has 98 valence electrons. The first-order valence-electron chi connectivity index (χ1n) is 6.40. The molecule has 18 heavy (non-hydrogen) atoms. The Morgan fingerprint density at radius 3 is 2.83 bits per heavy atom. The van der Waals surface area contributed by atoms with Crippen LogP contribution in [0.2, 0.25) is 0 Å². The van der Waals surface area contributed by atoms with Crippen LogP contribution in [0.25, 0.3) is 0 Å². The van der Waals surface area contributed by atoms with Crippen LogP contribution in [0.15, 0.2) is 6.20 Å². The standard InChI is InChI=1S/C13H20N4O/c1-8(2)12-15-6-10(14)11(16-12)13(18)17-5-4-9(3)7-17/h6,8-9H,4-5,7,14H2,1-3H3. The quantitative estimate of drug-likeness (QED) is 0.864. The molecule has 2 N–H and O–H groups in total. The maximum Gasteiger partial charge on any atom is 0.274 e. The number of anilines is 1. The molecule has 1 unspecified atom stereocenters. The van der Waals surface area contributed by atoms with Gasteiger partial charge in [0.1, 0.15) is 5.82 Å². The lowest BCUT2D eigenvalue weighted by atomic mass is 10.2. The molecule has 2 rings (SSSR count). The summed E-state index contributed by atoms with van der Waals surface area (Å²) in [6, 6.07) is 0. The summed E-state index contributed by atoms with van der Waals surface area (Å²) < 4.78 is 0. The monoisotopic (exact) mass is 248 g/mol. The number of hydrogen-bond donors (Lipinski definition) is 1. The summed E-state index contributed by atoms with van der Waals surface area (Å²) in [4.78, 5) is 22.6. The van der Waals surface area contributed by atoms with Crippen LogP contribution < -0.4 is 5.73 Å². The average molecular weight is 248 g/mol. The van der Waals surface area contributed by atoms with Gasteiger partial charge >= 0.3 is 0 Å². The third kappa shape index (κ3) is 2.44. The van der Waals surface area contributed by atoms with Gasteiger partial charge in [0.2, 0.25) is 0 Å². The fourth-order valence-electron chi connectivity index (χ4n) is 2.12. The van der Waals surface area contributed by atoms with Crippen molar-refractivity contribution in [3.63, 3.8) is 0 Å². The molecule has 1 aliphatic rings. The van der Waals surface area contributed by atoms with E-state index in [1.807, 2.05) is 18.7 Å². The largest absolute Gasteiger partial charge is 0.396 e. The number of amides is 1. The van der Waals surface area contributed by atoms with Crippen LogP contribution in [0, 0.1) is 5.92 Å². The molecule has 1 fully saturated rings. The van der Waals surface area contributed by atoms with Gasteiger partial charge in [-0.25, -0.2) is 9.97 Å². The van der Waals surface area contributed by atoms with Crippen LogP contribution in [-0.2, 0) is 0 Å². The molecule has 1 aromatic rings. The zero-order chi connectivity index (χ0) is 13.3. The Kier molecular flexibility index (Phi) is 3.50. The van der Waals surface area contributed by atoms with Crippen molar-refractivity contribution in [1.29, 1.82) is 0 Å². The summed E-state index contributed by atoms with van der Waals surface area (Å²) >= 11 is 0. The molecule has 0 saturated carbocycles. The van der Waals surface area contributed by atoms with Crippen molar-refractivity contribution in [3.05, 3.63) is 17.7 Å². The van der Waals surface area contributed by atoms with E-state index in [1.54, 1.807) is 0 Å². The molecule has 1 aliphatic heterocycles. The third-order valence-corrected chi connectivity index (χ3v) is 3.27. The number of aromatic nitrogens is 2. The summed E-state index contributed by atoms with van der Waals surface area (Å²) in [7, 11) is 0. The Morgan fingerprint density at radius 2 is 2.28 bits per heavy atom. The highest BCUT2D eigenvalue weighted by molar-refractivity contribution is 5.97. The minimum atomic E-state index is -0.0684.